The van der Waals surface area contributed by atoms with E-state index in [2.05, 4.69) is 22.2 Å². The molecule has 0 bridgehead atoms. The summed E-state index contributed by atoms with van der Waals surface area (Å²) >= 11 is 5.68. The molecule has 3 nitrogen and oxygen atoms in total. The van der Waals surface area contributed by atoms with E-state index in [0.29, 0.717) is 11.3 Å². The van der Waals surface area contributed by atoms with Crippen LogP contribution >= 0.6 is 11.6 Å². The molecule has 1 atom stereocenters. The van der Waals surface area contributed by atoms with Crippen LogP contribution in [0.2, 0.25) is 5.28 Å². The average molecular weight is 212 g/mol. The molecule has 4 heteroatoms. The van der Waals surface area contributed by atoms with Gasteiger partial charge in [0.1, 0.15) is 5.82 Å². The third-order valence-corrected chi connectivity index (χ3v) is 2.59. The summed E-state index contributed by atoms with van der Waals surface area (Å²) in [5.41, 5.74) is 0. The van der Waals surface area contributed by atoms with Crippen molar-refractivity contribution in [3.05, 3.63) is 17.5 Å². The second kappa shape index (κ2) is 4.13. The zero-order chi connectivity index (χ0) is 9.97. The van der Waals surface area contributed by atoms with Crippen molar-refractivity contribution in [2.45, 2.75) is 32.2 Å². The quantitative estimate of drug-likeness (QED) is 0.779. The summed E-state index contributed by atoms with van der Waals surface area (Å²) in [4.78, 5) is 7.92. The Morgan fingerprint density at radius 2 is 2.43 bits per heavy atom. The Bertz CT molecular complexity index is 312. The molecule has 1 aromatic rings. The smallest absolute Gasteiger partial charge is 0.224 e. The van der Waals surface area contributed by atoms with E-state index in [-0.39, 0.29) is 0 Å². The molecule has 1 heterocycles. The highest BCUT2D eigenvalue weighted by Gasteiger charge is 2.23. The van der Waals surface area contributed by atoms with Crippen LogP contribution in [0.5, 0.6) is 0 Å². The fraction of sp³-hybridized carbons (Fsp3) is 0.600. The van der Waals surface area contributed by atoms with E-state index in [1.165, 1.54) is 19.3 Å². The van der Waals surface area contributed by atoms with E-state index in [1.54, 1.807) is 6.20 Å². The van der Waals surface area contributed by atoms with Crippen LogP contribution in [0, 0.1) is 5.92 Å². The summed E-state index contributed by atoms with van der Waals surface area (Å²) in [7, 11) is 0. The summed E-state index contributed by atoms with van der Waals surface area (Å²) < 4.78 is 0. The van der Waals surface area contributed by atoms with Gasteiger partial charge in [0.05, 0.1) is 0 Å². The SMILES string of the molecule is CC(CC1CC1)Nc1ccnc(Cl)n1. The van der Waals surface area contributed by atoms with Crippen molar-refractivity contribution >= 4 is 17.4 Å². The molecule has 1 saturated carbocycles. The normalized spacial score (nSPS) is 17.9. The fourth-order valence-electron chi connectivity index (χ4n) is 1.58. The molecule has 76 valence electrons. The maximum absolute atomic E-state index is 5.68. The van der Waals surface area contributed by atoms with Gasteiger partial charge in [-0.3, -0.25) is 0 Å². The van der Waals surface area contributed by atoms with Crippen molar-refractivity contribution in [3.63, 3.8) is 0 Å². The highest BCUT2D eigenvalue weighted by atomic mass is 35.5. The van der Waals surface area contributed by atoms with Crippen molar-refractivity contribution in [1.82, 2.24) is 9.97 Å². The fourth-order valence-corrected chi connectivity index (χ4v) is 1.73. The third-order valence-electron chi connectivity index (χ3n) is 2.40. The maximum atomic E-state index is 5.68. The van der Waals surface area contributed by atoms with Crippen molar-refractivity contribution in [2.75, 3.05) is 5.32 Å². The molecule has 0 radical (unpaired) electrons. The molecule has 0 saturated heterocycles. The maximum Gasteiger partial charge on any atom is 0.224 e. The Morgan fingerprint density at radius 3 is 3.07 bits per heavy atom. The largest absolute Gasteiger partial charge is 0.367 e. The molecule has 1 fully saturated rings. The Hall–Kier alpha value is -0.830. The van der Waals surface area contributed by atoms with Crippen LogP contribution in [-0.2, 0) is 0 Å². The highest BCUT2D eigenvalue weighted by Crippen LogP contribution is 2.33. The molecule has 1 unspecified atom stereocenters. The number of hydrogen-bond donors (Lipinski definition) is 1. The van der Waals surface area contributed by atoms with Gasteiger partial charge in [-0.15, -0.1) is 0 Å². The first-order chi connectivity index (χ1) is 6.74. The zero-order valence-corrected chi connectivity index (χ0v) is 8.96. The van der Waals surface area contributed by atoms with Gasteiger partial charge in [-0.2, -0.15) is 0 Å². The van der Waals surface area contributed by atoms with Crippen molar-refractivity contribution < 1.29 is 0 Å². The van der Waals surface area contributed by atoms with Gasteiger partial charge in [0.15, 0.2) is 0 Å². The first kappa shape index (κ1) is 9.71. The third kappa shape index (κ3) is 2.84. The number of hydrogen-bond acceptors (Lipinski definition) is 3. The number of anilines is 1. The van der Waals surface area contributed by atoms with E-state index in [9.17, 15) is 0 Å². The van der Waals surface area contributed by atoms with Gasteiger partial charge >= 0.3 is 0 Å². The summed E-state index contributed by atoms with van der Waals surface area (Å²) in [5, 5.41) is 3.62. The van der Waals surface area contributed by atoms with Crippen LogP contribution in [0.1, 0.15) is 26.2 Å². The number of rotatable bonds is 4. The molecule has 0 aliphatic heterocycles. The van der Waals surface area contributed by atoms with Crippen molar-refractivity contribution in [3.8, 4) is 0 Å². The van der Waals surface area contributed by atoms with E-state index in [1.807, 2.05) is 6.07 Å². The number of aromatic nitrogens is 2. The Labute approximate surface area is 88.9 Å². The van der Waals surface area contributed by atoms with Crippen molar-refractivity contribution in [1.29, 1.82) is 0 Å². The first-order valence-electron chi connectivity index (χ1n) is 4.99. The van der Waals surface area contributed by atoms with Gasteiger partial charge in [0.25, 0.3) is 0 Å². The minimum absolute atomic E-state index is 0.300. The molecule has 2 rings (SSSR count). The Morgan fingerprint density at radius 1 is 1.64 bits per heavy atom. The summed E-state index contributed by atoms with van der Waals surface area (Å²) in [6.07, 6.45) is 5.66. The zero-order valence-electron chi connectivity index (χ0n) is 8.20. The Kier molecular flexibility index (Phi) is 2.87. The molecule has 1 aromatic heterocycles. The number of halogens is 1. The molecule has 1 aliphatic carbocycles. The second-order valence-corrected chi connectivity index (χ2v) is 4.27. The molecule has 0 aromatic carbocycles. The molecule has 0 spiro atoms. The van der Waals surface area contributed by atoms with Gasteiger partial charge in [-0.05, 0) is 36.9 Å². The standard InChI is InChI=1S/C10H14ClN3/c1-7(6-8-2-3-8)13-9-4-5-12-10(11)14-9/h4-5,7-8H,2-3,6H2,1H3,(H,12,13,14). The van der Waals surface area contributed by atoms with Crippen LogP contribution < -0.4 is 5.32 Å². The molecule has 1 aliphatic rings. The lowest BCUT2D eigenvalue weighted by Gasteiger charge is -2.13. The lowest BCUT2D eigenvalue weighted by atomic mass is 10.1. The molecule has 1 N–H and O–H groups in total. The van der Waals surface area contributed by atoms with Gasteiger partial charge in [0.2, 0.25) is 5.28 Å². The van der Waals surface area contributed by atoms with E-state index >= 15 is 0 Å². The molecule has 14 heavy (non-hydrogen) atoms. The molecular formula is C10H14ClN3. The summed E-state index contributed by atoms with van der Waals surface area (Å²) in [5.74, 6) is 1.74. The molecule has 0 amide bonds. The number of nitrogens with zero attached hydrogens (tertiary/aromatic N) is 2. The van der Waals surface area contributed by atoms with Gasteiger partial charge in [0, 0.05) is 12.2 Å². The second-order valence-electron chi connectivity index (χ2n) is 3.94. The van der Waals surface area contributed by atoms with E-state index < -0.39 is 0 Å². The van der Waals surface area contributed by atoms with Crippen LogP contribution in [0.25, 0.3) is 0 Å². The predicted octanol–water partition coefficient (Wildman–Crippen LogP) is 2.73. The lowest BCUT2D eigenvalue weighted by Crippen LogP contribution is -2.16. The highest BCUT2D eigenvalue weighted by molar-refractivity contribution is 6.28. The van der Waals surface area contributed by atoms with Gasteiger partial charge in [-0.25, -0.2) is 9.97 Å². The minimum Gasteiger partial charge on any atom is -0.367 e. The number of nitrogens with one attached hydrogen (secondary N) is 1. The average Bonchev–Trinajstić information content (AvgIpc) is 2.87. The van der Waals surface area contributed by atoms with Crippen LogP contribution in [0.4, 0.5) is 5.82 Å². The minimum atomic E-state index is 0.300. The summed E-state index contributed by atoms with van der Waals surface area (Å²) in [6.45, 7) is 2.17. The van der Waals surface area contributed by atoms with Crippen molar-refractivity contribution in [2.24, 2.45) is 5.92 Å². The lowest BCUT2D eigenvalue weighted by molar-refractivity contribution is 0.640. The Balaban J connectivity index is 1.88. The van der Waals surface area contributed by atoms with Crippen LogP contribution in [-0.4, -0.2) is 16.0 Å². The van der Waals surface area contributed by atoms with Crippen LogP contribution in [0.3, 0.4) is 0 Å². The summed E-state index contributed by atoms with van der Waals surface area (Å²) in [6, 6.07) is 2.31. The predicted molar refractivity (Wildman–Crippen MR) is 57.5 cm³/mol. The molecular weight excluding hydrogens is 198 g/mol. The van der Waals surface area contributed by atoms with E-state index in [0.717, 1.165) is 11.7 Å². The van der Waals surface area contributed by atoms with Crippen LogP contribution in [0.15, 0.2) is 12.3 Å². The monoisotopic (exact) mass is 211 g/mol. The first-order valence-corrected chi connectivity index (χ1v) is 5.37. The van der Waals surface area contributed by atoms with E-state index in [4.69, 9.17) is 11.6 Å². The van der Waals surface area contributed by atoms with Gasteiger partial charge < -0.3 is 5.32 Å². The topological polar surface area (TPSA) is 37.8 Å². The van der Waals surface area contributed by atoms with Gasteiger partial charge in [-0.1, -0.05) is 12.8 Å².